The summed E-state index contributed by atoms with van der Waals surface area (Å²) in [7, 11) is 0. The number of benzene rings is 1. The minimum absolute atomic E-state index is 0.165. The first-order chi connectivity index (χ1) is 15.6. The Hall–Kier alpha value is -3.88. The number of hydrogen-bond acceptors (Lipinski definition) is 6. The third-order valence-corrected chi connectivity index (χ3v) is 5.69. The van der Waals surface area contributed by atoms with E-state index in [0.717, 1.165) is 36.8 Å². The van der Waals surface area contributed by atoms with Gasteiger partial charge in [0.05, 0.1) is 11.3 Å². The Morgan fingerprint density at radius 1 is 1.12 bits per heavy atom. The Morgan fingerprint density at radius 3 is 2.84 bits per heavy atom. The van der Waals surface area contributed by atoms with Gasteiger partial charge in [-0.05, 0) is 55.3 Å². The molecule has 0 radical (unpaired) electrons. The van der Waals surface area contributed by atoms with E-state index in [1.54, 1.807) is 30.5 Å². The average Bonchev–Trinajstić information content (AvgIpc) is 3.44. The summed E-state index contributed by atoms with van der Waals surface area (Å²) >= 11 is 0. The smallest absolute Gasteiger partial charge is 0.253 e. The Labute approximate surface area is 184 Å². The third kappa shape index (κ3) is 4.01. The number of pyridine rings is 1. The highest BCUT2D eigenvalue weighted by atomic mass is 19.1. The zero-order valence-electron chi connectivity index (χ0n) is 17.6. The summed E-state index contributed by atoms with van der Waals surface area (Å²) in [5, 5.41) is 19.9. The molecule has 1 unspecified atom stereocenters. The van der Waals surface area contributed by atoms with Gasteiger partial charge in [0.2, 0.25) is 0 Å². The molecule has 0 aliphatic carbocycles. The van der Waals surface area contributed by atoms with Crippen molar-refractivity contribution < 1.29 is 9.18 Å². The van der Waals surface area contributed by atoms with Gasteiger partial charge in [-0.1, -0.05) is 12.1 Å². The van der Waals surface area contributed by atoms with Crippen LogP contribution in [0.25, 0.3) is 5.65 Å². The number of fused-ring (bicyclic) bond motifs is 1. The Kier molecular flexibility index (Phi) is 5.22. The molecule has 8 nitrogen and oxygen atoms in total. The SMILES string of the molecule is Cc1ccc(N2CCC(c3nnc4ccc(C(=O)NCc5cccc(F)c5)cn34)C2)nn1. The van der Waals surface area contributed by atoms with Crippen molar-refractivity contribution in [2.24, 2.45) is 0 Å². The van der Waals surface area contributed by atoms with Crippen LogP contribution in [0.1, 0.15) is 39.8 Å². The van der Waals surface area contributed by atoms with Gasteiger partial charge >= 0.3 is 0 Å². The number of aromatic nitrogens is 5. The van der Waals surface area contributed by atoms with E-state index < -0.39 is 0 Å². The summed E-state index contributed by atoms with van der Waals surface area (Å²) < 4.78 is 15.2. The van der Waals surface area contributed by atoms with Crippen LogP contribution in [0.2, 0.25) is 0 Å². The third-order valence-electron chi connectivity index (χ3n) is 5.69. The van der Waals surface area contributed by atoms with Crippen molar-refractivity contribution in [2.75, 3.05) is 18.0 Å². The molecule has 1 aliphatic rings. The van der Waals surface area contributed by atoms with Crippen LogP contribution in [-0.4, -0.2) is 43.8 Å². The highest BCUT2D eigenvalue weighted by Crippen LogP contribution is 2.29. The van der Waals surface area contributed by atoms with Crippen LogP contribution in [0, 0.1) is 12.7 Å². The second kappa shape index (κ2) is 8.33. The molecule has 0 saturated carbocycles. The number of amides is 1. The molecule has 5 rings (SSSR count). The number of halogens is 1. The molecule has 1 N–H and O–H groups in total. The highest BCUT2D eigenvalue weighted by molar-refractivity contribution is 5.94. The minimum Gasteiger partial charge on any atom is -0.354 e. The lowest BCUT2D eigenvalue weighted by Gasteiger charge is -2.16. The average molecular weight is 431 g/mol. The van der Waals surface area contributed by atoms with Crippen molar-refractivity contribution in [2.45, 2.75) is 25.8 Å². The zero-order chi connectivity index (χ0) is 22.1. The fourth-order valence-corrected chi connectivity index (χ4v) is 3.99. The van der Waals surface area contributed by atoms with E-state index in [2.05, 4.69) is 30.6 Å². The molecular formula is C23H22FN7O. The molecule has 9 heteroatoms. The quantitative estimate of drug-likeness (QED) is 0.523. The van der Waals surface area contributed by atoms with Crippen molar-refractivity contribution in [3.63, 3.8) is 0 Å². The van der Waals surface area contributed by atoms with E-state index in [1.807, 2.05) is 23.5 Å². The van der Waals surface area contributed by atoms with Gasteiger partial charge in [-0.3, -0.25) is 9.20 Å². The molecule has 3 aromatic heterocycles. The summed E-state index contributed by atoms with van der Waals surface area (Å²) in [5.74, 6) is 1.28. The molecule has 1 aromatic carbocycles. The standard InChI is InChI=1S/C23H22FN7O/c1-15-5-7-20(27-26-15)30-10-9-17(13-30)22-29-28-21-8-6-18(14-31(21)22)23(32)25-12-16-3-2-4-19(24)11-16/h2-8,11,14,17H,9-10,12-13H2,1H3,(H,25,32). The number of anilines is 1. The lowest BCUT2D eigenvalue weighted by Crippen LogP contribution is -2.23. The van der Waals surface area contributed by atoms with Gasteiger partial charge in [0.25, 0.3) is 5.91 Å². The van der Waals surface area contributed by atoms with Crippen molar-refractivity contribution in [3.05, 3.63) is 83.2 Å². The fourth-order valence-electron chi connectivity index (χ4n) is 3.99. The first kappa shape index (κ1) is 20.0. The summed E-state index contributed by atoms with van der Waals surface area (Å²) in [4.78, 5) is 14.9. The summed E-state index contributed by atoms with van der Waals surface area (Å²) in [5.41, 5.74) is 2.77. The van der Waals surface area contributed by atoms with E-state index in [1.165, 1.54) is 12.1 Å². The fraction of sp³-hybridized carbons (Fsp3) is 0.261. The maximum Gasteiger partial charge on any atom is 0.253 e. The molecule has 32 heavy (non-hydrogen) atoms. The van der Waals surface area contributed by atoms with Crippen LogP contribution in [0.15, 0.2) is 54.7 Å². The van der Waals surface area contributed by atoms with Gasteiger partial charge in [-0.15, -0.1) is 15.3 Å². The Balaban J connectivity index is 1.32. The molecular weight excluding hydrogens is 409 g/mol. The van der Waals surface area contributed by atoms with Crippen molar-refractivity contribution in [3.8, 4) is 0 Å². The topological polar surface area (TPSA) is 88.3 Å². The van der Waals surface area contributed by atoms with Crippen molar-refractivity contribution in [1.29, 1.82) is 0 Å². The second-order valence-electron chi connectivity index (χ2n) is 7.98. The van der Waals surface area contributed by atoms with Gasteiger partial charge in [0.15, 0.2) is 11.5 Å². The van der Waals surface area contributed by atoms with E-state index in [0.29, 0.717) is 16.8 Å². The normalized spacial score (nSPS) is 15.9. The molecule has 0 bridgehead atoms. The van der Waals surface area contributed by atoms with E-state index >= 15 is 0 Å². The van der Waals surface area contributed by atoms with Gasteiger partial charge < -0.3 is 10.2 Å². The van der Waals surface area contributed by atoms with Gasteiger partial charge in [0.1, 0.15) is 11.6 Å². The second-order valence-corrected chi connectivity index (χ2v) is 7.98. The lowest BCUT2D eigenvalue weighted by atomic mass is 10.1. The van der Waals surface area contributed by atoms with Gasteiger partial charge in [-0.25, -0.2) is 4.39 Å². The molecule has 0 spiro atoms. The maximum absolute atomic E-state index is 13.4. The summed E-state index contributed by atoms with van der Waals surface area (Å²) in [6, 6.07) is 13.6. The molecule has 1 fully saturated rings. The number of hydrogen-bond donors (Lipinski definition) is 1. The van der Waals surface area contributed by atoms with Crippen LogP contribution in [0.5, 0.6) is 0 Å². The lowest BCUT2D eigenvalue weighted by molar-refractivity contribution is 0.0950. The van der Waals surface area contributed by atoms with Crippen molar-refractivity contribution >= 4 is 17.4 Å². The zero-order valence-corrected chi connectivity index (χ0v) is 17.6. The molecule has 1 amide bonds. The number of rotatable bonds is 5. The molecule has 4 aromatic rings. The van der Waals surface area contributed by atoms with Crippen LogP contribution in [0.3, 0.4) is 0 Å². The number of carbonyl (C=O) groups excluding carboxylic acids is 1. The van der Waals surface area contributed by atoms with Gasteiger partial charge in [-0.2, -0.15) is 5.10 Å². The van der Waals surface area contributed by atoms with Crippen LogP contribution in [0.4, 0.5) is 10.2 Å². The largest absolute Gasteiger partial charge is 0.354 e. The van der Waals surface area contributed by atoms with Crippen LogP contribution < -0.4 is 10.2 Å². The predicted molar refractivity (Wildman–Crippen MR) is 117 cm³/mol. The molecule has 1 aliphatic heterocycles. The molecule has 1 atom stereocenters. The maximum atomic E-state index is 13.4. The van der Waals surface area contributed by atoms with Gasteiger partial charge in [0, 0.05) is 31.7 Å². The summed E-state index contributed by atoms with van der Waals surface area (Å²) in [6.07, 6.45) is 2.67. The summed E-state index contributed by atoms with van der Waals surface area (Å²) in [6.45, 7) is 3.77. The molecule has 162 valence electrons. The Bertz CT molecular complexity index is 1270. The number of aryl methyl sites for hydroxylation is 1. The van der Waals surface area contributed by atoms with E-state index in [9.17, 15) is 9.18 Å². The highest BCUT2D eigenvalue weighted by Gasteiger charge is 2.28. The predicted octanol–water partition coefficient (Wildman–Crippen LogP) is 2.89. The minimum atomic E-state index is -0.325. The number of nitrogens with one attached hydrogen (secondary N) is 1. The van der Waals surface area contributed by atoms with Crippen LogP contribution in [-0.2, 0) is 6.54 Å². The molecule has 1 saturated heterocycles. The van der Waals surface area contributed by atoms with Crippen LogP contribution >= 0.6 is 0 Å². The number of carbonyl (C=O) groups is 1. The Morgan fingerprint density at radius 2 is 2.03 bits per heavy atom. The van der Waals surface area contributed by atoms with E-state index in [4.69, 9.17) is 0 Å². The monoisotopic (exact) mass is 431 g/mol. The number of nitrogens with zero attached hydrogens (tertiary/aromatic N) is 6. The van der Waals surface area contributed by atoms with Crippen molar-refractivity contribution in [1.82, 2.24) is 30.1 Å². The molecule has 4 heterocycles. The first-order valence-electron chi connectivity index (χ1n) is 10.5. The first-order valence-corrected chi connectivity index (χ1v) is 10.5. The van der Waals surface area contributed by atoms with E-state index in [-0.39, 0.29) is 24.2 Å².